The second-order valence-corrected chi connectivity index (χ2v) is 3.64. The average Bonchev–Trinajstić information content (AvgIpc) is 2.59. The van der Waals surface area contributed by atoms with Crippen molar-refractivity contribution in [3.8, 4) is 0 Å². The molecule has 0 unspecified atom stereocenters. The third kappa shape index (κ3) is 2.97. The second kappa shape index (κ2) is 5.87. The van der Waals surface area contributed by atoms with Crippen molar-refractivity contribution < 1.29 is 42.2 Å². The van der Waals surface area contributed by atoms with Crippen molar-refractivity contribution in [1.29, 1.82) is 0 Å². The van der Waals surface area contributed by atoms with Crippen LogP contribution < -0.4 is 5.73 Å². The quantitative estimate of drug-likeness (QED) is 0.717. The first kappa shape index (κ1) is 13.0. The zero-order valence-electron chi connectivity index (χ0n) is 8.45. The van der Waals surface area contributed by atoms with Crippen LogP contribution in [0.2, 0.25) is 0 Å². The van der Waals surface area contributed by atoms with E-state index in [-0.39, 0.29) is 38.5 Å². The molecule has 2 heterocycles. The summed E-state index contributed by atoms with van der Waals surface area (Å²) in [6.07, 6.45) is 1.95. The minimum absolute atomic E-state index is 0. The molecule has 5 heteroatoms. The molecule has 2 aliphatic heterocycles. The number of likely N-dealkylation sites (tertiary alicyclic amines) is 1. The van der Waals surface area contributed by atoms with Crippen LogP contribution in [0.15, 0.2) is 0 Å². The number of nitrogens with zero attached hydrogens (tertiary/aromatic N) is 1. The Labute approximate surface area is 110 Å². The van der Waals surface area contributed by atoms with E-state index >= 15 is 0 Å². The topological polar surface area (TPSA) is 47.7 Å². The normalized spacial score (nSPS) is 26.4. The molecule has 79 valence electrons. The van der Waals surface area contributed by atoms with Gasteiger partial charge in [0.05, 0.1) is 13.2 Å². The minimum atomic E-state index is -0.245. The van der Waals surface area contributed by atoms with E-state index in [9.17, 15) is 0 Å². The van der Waals surface area contributed by atoms with Gasteiger partial charge in [-0.1, -0.05) is 0 Å². The van der Waals surface area contributed by atoms with Gasteiger partial charge in [0.15, 0.2) is 5.79 Å². The Morgan fingerprint density at radius 2 is 1.79 bits per heavy atom. The summed E-state index contributed by atoms with van der Waals surface area (Å²) in [5, 5.41) is 0. The van der Waals surface area contributed by atoms with Crippen LogP contribution in [0.1, 0.15) is 12.8 Å². The SMILES string of the molecule is N[CH-]CN1CCC2(CC1)OCCO2.[Y]. The standard InChI is InChI=1S/C9H17N2O2.Y/c10-3-6-11-4-1-9(2-5-11)12-7-8-13-9;/h3H,1-2,4-8,10H2;/q-1;. The van der Waals surface area contributed by atoms with Gasteiger partial charge in [-0.05, 0) is 0 Å². The van der Waals surface area contributed by atoms with Crippen LogP contribution in [-0.4, -0.2) is 43.5 Å². The molecule has 2 rings (SSSR count). The minimum Gasteiger partial charge on any atom is -0.482 e. The van der Waals surface area contributed by atoms with E-state index in [4.69, 9.17) is 15.2 Å². The fourth-order valence-corrected chi connectivity index (χ4v) is 2.01. The van der Waals surface area contributed by atoms with E-state index in [1.165, 1.54) is 0 Å². The predicted molar refractivity (Wildman–Crippen MR) is 48.8 cm³/mol. The van der Waals surface area contributed by atoms with Gasteiger partial charge in [0.2, 0.25) is 0 Å². The van der Waals surface area contributed by atoms with Crippen molar-refractivity contribution in [1.82, 2.24) is 4.90 Å². The zero-order valence-corrected chi connectivity index (χ0v) is 11.3. The van der Waals surface area contributed by atoms with Gasteiger partial charge in [-0.15, -0.1) is 6.54 Å². The van der Waals surface area contributed by atoms with Crippen LogP contribution in [0.3, 0.4) is 0 Å². The summed E-state index contributed by atoms with van der Waals surface area (Å²) >= 11 is 0. The summed E-state index contributed by atoms with van der Waals surface area (Å²) in [4.78, 5) is 2.32. The van der Waals surface area contributed by atoms with Crippen LogP contribution in [0.4, 0.5) is 0 Å². The molecule has 1 radical (unpaired) electrons. The van der Waals surface area contributed by atoms with E-state index in [2.05, 4.69) is 4.90 Å². The average molecular weight is 274 g/mol. The Morgan fingerprint density at radius 3 is 2.29 bits per heavy atom. The van der Waals surface area contributed by atoms with Gasteiger partial charge in [-0.2, -0.15) is 0 Å². The Morgan fingerprint density at radius 1 is 1.21 bits per heavy atom. The Kier molecular flexibility index (Phi) is 5.46. The van der Waals surface area contributed by atoms with Crippen LogP contribution in [-0.2, 0) is 42.2 Å². The third-order valence-electron chi connectivity index (χ3n) is 2.80. The molecule has 0 amide bonds. The largest absolute Gasteiger partial charge is 0.482 e. The summed E-state index contributed by atoms with van der Waals surface area (Å²) < 4.78 is 11.2. The summed E-state index contributed by atoms with van der Waals surface area (Å²) in [6.45, 7) is 6.12. The van der Waals surface area contributed by atoms with E-state index in [1.807, 2.05) is 0 Å². The van der Waals surface area contributed by atoms with Crippen LogP contribution in [0.5, 0.6) is 0 Å². The second-order valence-electron chi connectivity index (χ2n) is 3.64. The van der Waals surface area contributed by atoms with Crippen molar-refractivity contribution in [2.24, 2.45) is 5.73 Å². The van der Waals surface area contributed by atoms with E-state index < -0.39 is 0 Å². The Bertz CT molecular complexity index is 164. The van der Waals surface area contributed by atoms with E-state index in [0.717, 1.165) is 45.7 Å². The summed E-state index contributed by atoms with van der Waals surface area (Å²) in [6, 6.07) is 0. The van der Waals surface area contributed by atoms with Crippen molar-refractivity contribution >= 4 is 0 Å². The number of hydrogen-bond donors (Lipinski definition) is 1. The molecular formula is C9H17N2O2Y-. The fourth-order valence-electron chi connectivity index (χ4n) is 2.01. The third-order valence-corrected chi connectivity index (χ3v) is 2.80. The number of hydrogen-bond acceptors (Lipinski definition) is 4. The predicted octanol–water partition coefficient (Wildman–Crippen LogP) is -0.0567. The molecule has 0 aromatic carbocycles. The maximum atomic E-state index is 5.62. The molecule has 0 aliphatic carbocycles. The molecule has 2 N–H and O–H groups in total. The van der Waals surface area contributed by atoms with Crippen LogP contribution in [0.25, 0.3) is 0 Å². The number of piperidine rings is 1. The van der Waals surface area contributed by atoms with Gasteiger partial charge in [-0.3, -0.25) is 6.54 Å². The van der Waals surface area contributed by atoms with Crippen LogP contribution >= 0.6 is 0 Å². The van der Waals surface area contributed by atoms with Crippen LogP contribution in [0, 0.1) is 6.54 Å². The zero-order chi connectivity index (χ0) is 9.15. The summed E-state index contributed by atoms with van der Waals surface area (Å²) in [5.41, 5.74) is 5.38. The molecule has 0 bridgehead atoms. The molecule has 0 aromatic heterocycles. The summed E-state index contributed by atoms with van der Waals surface area (Å²) in [5.74, 6) is -0.245. The van der Waals surface area contributed by atoms with Gasteiger partial charge < -0.3 is 20.1 Å². The van der Waals surface area contributed by atoms with Crippen molar-refractivity contribution in [2.75, 3.05) is 32.8 Å². The first-order valence-corrected chi connectivity index (χ1v) is 4.88. The monoisotopic (exact) mass is 274 g/mol. The maximum absolute atomic E-state index is 5.62. The molecule has 0 saturated carbocycles. The first-order chi connectivity index (χ1) is 6.35. The van der Waals surface area contributed by atoms with Gasteiger partial charge >= 0.3 is 0 Å². The molecule has 2 aliphatic rings. The van der Waals surface area contributed by atoms with Gasteiger partial charge in [-0.25, -0.2) is 0 Å². The number of ether oxygens (including phenoxy) is 2. The van der Waals surface area contributed by atoms with Crippen molar-refractivity contribution in [3.63, 3.8) is 0 Å². The molecular weight excluding hydrogens is 257 g/mol. The van der Waals surface area contributed by atoms with Crippen molar-refractivity contribution in [3.05, 3.63) is 6.54 Å². The van der Waals surface area contributed by atoms with Crippen molar-refractivity contribution in [2.45, 2.75) is 18.6 Å². The fraction of sp³-hybridized carbons (Fsp3) is 0.889. The Balaban J connectivity index is 0.000000980. The molecule has 2 saturated heterocycles. The van der Waals surface area contributed by atoms with E-state index in [1.54, 1.807) is 6.54 Å². The Hall–Kier alpha value is 0.944. The number of rotatable bonds is 2. The molecule has 2 fully saturated rings. The van der Waals surface area contributed by atoms with E-state index in [0.29, 0.717) is 0 Å². The maximum Gasteiger partial charge on any atom is 0.170 e. The molecule has 4 nitrogen and oxygen atoms in total. The molecule has 0 aromatic rings. The first-order valence-electron chi connectivity index (χ1n) is 4.88. The molecule has 1 spiro atoms. The molecule has 14 heavy (non-hydrogen) atoms. The molecule has 0 atom stereocenters. The summed E-state index contributed by atoms with van der Waals surface area (Å²) in [7, 11) is 0. The van der Waals surface area contributed by atoms with Gasteiger partial charge in [0, 0.05) is 58.6 Å². The number of nitrogens with two attached hydrogens (primary N) is 1. The smallest absolute Gasteiger partial charge is 0.170 e. The van der Waals surface area contributed by atoms with Gasteiger partial charge in [0.1, 0.15) is 0 Å². The van der Waals surface area contributed by atoms with Gasteiger partial charge in [0.25, 0.3) is 0 Å².